The number of nitrogens with zero attached hydrogens (tertiary/aromatic N) is 4. The first kappa shape index (κ1) is 21.9. The number of aromatic nitrogens is 2. The SMILES string of the molecule is Cc1cccc(NC(=O)C2CCCN(C(=O)C3CCN(Cc4csc(C)n4)CC3)C2)n1. The van der Waals surface area contributed by atoms with Crippen LogP contribution in [-0.2, 0) is 16.1 Å². The van der Waals surface area contributed by atoms with Gasteiger partial charge in [0.25, 0.3) is 0 Å². The first-order valence-electron chi connectivity index (χ1n) is 11.1. The molecule has 2 aromatic heterocycles. The molecule has 2 aromatic rings. The Morgan fingerprint density at radius 1 is 1.10 bits per heavy atom. The third kappa shape index (κ3) is 5.68. The fourth-order valence-electron chi connectivity index (χ4n) is 4.54. The van der Waals surface area contributed by atoms with Crippen LogP contribution in [0.3, 0.4) is 0 Å². The van der Waals surface area contributed by atoms with Gasteiger partial charge in [-0.15, -0.1) is 11.3 Å². The second kappa shape index (κ2) is 9.87. The Hall–Kier alpha value is -2.32. The highest BCUT2D eigenvalue weighted by atomic mass is 32.1. The number of piperidine rings is 2. The molecule has 166 valence electrons. The van der Waals surface area contributed by atoms with Gasteiger partial charge >= 0.3 is 0 Å². The zero-order valence-electron chi connectivity index (χ0n) is 18.3. The minimum Gasteiger partial charge on any atom is -0.342 e. The number of likely N-dealkylation sites (tertiary alicyclic amines) is 2. The van der Waals surface area contributed by atoms with Crippen molar-refractivity contribution in [3.63, 3.8) is 0 Å². The van der Waals surface area contributed by atoms with E-state index < -0.39 is 0 Å². The fourth-order valence-corrected chi connectivity index (χ4v) is 5.14. The van der Waals surface area contributed by atoms with Crippen molar-refractivity contribution < 1.29 is 9.59 Å². The largest absolute Gasteiger partial charge is 0.342 e. The fraction of sp³-hybridized carbons (Fsp3) is 0.565. The predicted molar refractivity (Wildman–Crippen MR) is 122 cm³/mol. The van der Waals surface area contributed by atoms with Crippen LogP contribution in [0.15, 0.2) is 23.6 Å². The standard InChI is InChI=1S/C23H31N5O2S/c1-16-5-3-7-21(24-16)26-22(29)19-6-4-10-28(13-19)23(30)18-8-11-27(12-9-18)14-20-15-31-17(2)25-20/h3,5,7,15,18-19H,4,6,8-14H2,1-2H3,(H,24,26,29). The van der Waals surface area contributed by atoms with Crippen molar-refractivity contribution in [2.45, 2.75) is 46.1 Å². The number of anilines is 1. The molecule has 2 saturated heterocycles. The third-order valence-electron chi connectivity index (χ3n) is 6.23. The summed E-state index contributed by atoms with van der Waals surface area (Å²) in [6, 6.07) is 5.59. The molecule has 0 aliphatic carbocycles. The third-order valence-corrected chi connectivity index (χ3v) is 7.05. The summed E-state index contributed by atoms with van der Waals surface area (Å²) < 4.78 is 0. The Balaban J connectivity index is 1.27. The van der Waals surface area contributed by atoms with Crippen molar-refractivity contribution in [1.82, 2.24) is 19.8 Å². The second-order valence-corrected chi connectivity index (χ2v) is 9.75. The molecule has 2 amide bonds. The van der Waals surface area contributed by atoms with Crippen LogP contribution in [-0.4, -0.2) is 57.8 Å². The summed E-state index contributed by atoms with van der Waals surface area (Å²) in [5.74, 6) is 0.650. The lowest BCUT2D eigenvalue weighted by atomic mass is 9.92. The van der Waals surface area contributed by atoms with E-state index in [0.717, 1.165) is 68.3 Å². The van der Waals surface area contributed by atoms with Gasteiger partial charge in [-0.1, -0.05) is 6.07 Å². The van der Waals surface area contributed by atoms with Crippen LogP contribution in [0, 0.1) is 25.7 Å². The number of pyridine rings is 1. The number of thiazole rings is 1. The minimum atomic E-state index is -0.173. The average Bonchev–Trinajstić information content (AvgIpc) is 3.18. The van der Waals surface area contributed by atoms with Crippen molar-refractivity contribution in [2.24, 2.45) is 11.8 Å². The molecule has 0 saturated carbocycles. The number of rotatable bonds is 5. The molecule has 7 nitrogen and oxygen atoms in total. The molecule has 0 spiro atoms. The molecule has 4 rings (SSSR count). The number of carbonyl (C=O) groups excluding carboxylic acids is 2. The lowest BCUT2D eigenvalue weighted by molar-refractivity contribution is -0.140. The van der Waals surface area contributed by atoms with E-state index in [9.17, 15) is 9.59 Å². The highest BCUT2D eigenvalue weighted by Crippen LogP contribution is 2.25. The van der Waals surface area contributed by atoms with Crippen molar-refractivity contribution in [2.75, 3.05) is 31.5 Å². The maximum absolute atomic E-state index is 13.1. The highest BCUT2D eigenvalue weighted by molar-refractivity contribution is 7.09. The number of nitrogens with one attached hydrogen (secondary N) is 1. The molecule has 31 heavy (non-hydrogen) atoms. The van der Waals surface area contributed by atoms with Gasteiger partial charge in [0, 0.05) is 36.6 Å². The van der Waals surface area contributed by atoms with Gasteiger partial charge in [-0.05, 0) is 64.8 Å². The van der Waals surface area contributed by atoms with Crippen molar-refractivity contribution in [3.8, 4) is 0 Å². The Bertz CT molecular complexity index is 922. The zero-order valence-corrected chi connectivity index (χ0v) is 19.2. The van der Waals surface area contributed by atoms with E-state index in [-0.39, 0.29) is 23.7 Å². The van der Waals surface area contributed by atoms with Crippen LogP contribution in [0.4, 0.5) is 5.82 Å². The number of aryl methyl sites for hydroxylation is 2. The lowest BCUT2D eigenvalue weighted by Gasteiger charge is -2.37. The van der Waals surface area contributed by atoms with Crippen LogP contribution in [0.5, 0.6) is 0 Å². The van der Waals surface area contributed by atoms with E-state index in [2.05, 4.69) is 25.6 Å². The first-order valence-corrected chi connectivity index (χ1v) is 12.0. The number of carbonyl (C=O) groups is 2. The normalized spacial score (nSPS) is 20.6. The monoisotopic (exact) mass is 441 g/mol. The van der Waals surface area contributed by atoms with Crippen molar-refractivity contribution in [3.05, 3.63) is 40.0 Å². The quantitative estimate of drug-likeness (QED) is 0.771. The van der Waals surface area contributed by atoms with E-state index in [1.165, 1.54) is 0 Å². The molecular formula is C23H31N5O2S. The summed E-state index contributed by atoms with van der Waals surface area (Å²) in [4.78, 5) is 39.1. The van der Waals surface area contributed by atoms with Crippen molar-refractivity contribution in [1.29, 1.82) is 0 Å². The molecular weight excluding hydrogens is 410 g/mol. The Morgan fingerprint density at radius 3 is 2.61 bits per heavy atom. The molecule has 0 bridgehead atoms. The average molecular weight is 442 g/mol. The van der Waals surface area contributed by atoms with Gasteiger partial charge in [0.1, 0.15) is 5.82 Å². The molecule has 2 aliphatic heterocycles. The van der Waals surface area contributed by atoms with Gasteiger partial charge in [-0.2, -0.15) is 0 Å². The predicted octanol–water partition coefficient (Wildman–Crippen LogP) is 3.24. The Morgan fingerprint density at radius 2 is 1.90 bits per heavy atom. The van der Waals surface area contributed by atoms with E-state index in [0.29, 0.717) is 12.4 Å². The molecule has 2 fully saturated rings. The summed E-state index contributed by atoms with van der Waals surface area (Å²) >= 11 is 1.69. The van der Waals surface area contributed by atoms with E-state index >= 15 is 0 Å². The van der Waals surface area contributed by atoms with Gasteiger partial charge in [-0.25, -0.2) is 9.97 Å². The van der Waals surface area contributed by atoms with Gasteiger partial charge in [0.2, 0.25) is 11.8 Å². The van der Waals surface area contributed by atoms with E-state index in [1.54, 1.807) is 17.4 Å². The number of hydrogen-bond donors (Lipinski definition) is 1. The van der Waals surface area contributed by atoms with E-state index in [1.807, 2.05) is 30.9 Å². The van der Waals surface area contributed by atoms with Gasteiger partial charge < -0.3 is 10.2 Å². The Labute approximate surface area is 187 Å². The van der Waals surface area contributed by atoms with Crippen LogP contribution in [0.1, 0.15) is 42.1 Å². The summed E-state index contributed by atoms with van der Waals surface area (Å²) in [6.45, 7) is 7.90. The molecule has 8 heteroatoms. The van der Waals surface area contributed by atoms with Crippen molar-refractivity contribution >= 4 is 29.0 Å². The molecule has 1 atom stereocenters. The molecule has 1 N–H and O–H groups in total. The van der Waals surface area contributed by atoms with E-state index in [4.69, 9.17) is 0 Å². The topological polar surface area (TPSA) is 78.4 Å². The highest BCUT2D eigenvalue weighted by Gasteiger charge is 2.33. The number of amides is 2. The van der Waals surface area contributed by atoms with Crippen LogP contribution >= 0.6 is 11.3 Å². The van der Waals surface area contributed by atoms with Gasteiger partial charge in [-0.3, -0.25) is 14.5 Å². The minimum absolute atomic E-state index is 0.0380. The summed E-state index contributed by atoms with van der Waals surface area (Å²) in [7, 11) is 0. The molecule has 0 aromatic carbocycles. The number of hydrogen-bond acceptors (Lipinski definition) is 6. The molecule has 4 heterocycles. The van der Waals surface area contributed by atoms with Crippen LogP contribution in [0.25, 0.3) is 0 Å². The molecule has 1 unspecified atom stereocenters. The van der Waals surface area contributed by atoms with Gasteiger partial charge in [0.05, 0.1) is 16.6 Å². The molecule has 2 aliphatic rings. The second-order valence-electron chi connectivity index (χ2n) is 8.69. The summed E-state index contributed by atoms with van der Waals surface area (Å²) in [5.41, 5.74) is 2.00. The lowest BCUT2D eigenvalue weighted by Crippen LogP contribution is -2.48. The van der Waals surface area contributed by atoms with Crippen LogP contribution < -0.4 is 5.32 Å². The maximum Gasteiger partial charge on any atom is 0.230 e. The summed E-state index contributed by atoms with van der Waals surface area (Å²) in [6.07, 6.45) is 3.44. The maximum atomic E-state index is 13.1. The summed E-state index contributed by atoms with van der Waals surface area (Å²) in [5, 5.41) is 6.14. The van der Waals surface area contributed by atoms with Gasteiger partial charge in [0.15, 0.2) is 0 Å². The first-order chi connectivity index (χ1) is 15.0. The Kier molecular flexibility index (Phi) is 6.97. The smallest absolute Gasteiger partial charge is 0.230 e. The van der Waals surface area contributed by atoms with Crippen LogP contribution in [0.2, 0.25) is 0 Å². The molecule has 0 radical (unpaired) electrons. The zero-order chi connectivity index (χ0) is 21.8.